The number of ether oxygens (including phenoxy) is 1. The van der Waals surface area contributed by atoms with E-state index in [1.165, 1.54) is 4.90 Å². The molecule has 1 saturated carbocycles. The SMILES string of the molecule is O=C1NC(=O)N(C2CC3CCC2O3)C(=O)C1C1CCCC1. The molecule has 3 saturated heterocycles. The first kappa shape index (κ1) is 13.2. The minimum atomic E-state index is -0.677. The highest BCUT2D eigenvalue weighted by Gasteiger charge is 2.53. The number of carbonyl (C=O) groups excluding carboxylic acids is 3. The number of fused-ring (bicyclic) bond motifs is 2. The van der Waals surface area contributed by atoms with Crippen molar-refractivity contribution in [3.63, 3.8) is 0 Å². The Morgan fingerprint density at radius 1 is 1.05 bits per heavy atom. The zero-order valence-corrected chi connectivity index (χ0v) is 11.9. The van der Waals surface area contributed by atoms with E-state index < -0.39 is 17.9 Å². The largest absolute Gasteiger partial charge is 0.373 e. The summed E-state index contributed by atoms with van der Waals surface area (Å²) in [6.45, 7) is 0. The van der Waals surface area contributed by atoms with E-state index in [9.17, 15) is 14.4 Å². The van der Waals surface area contributed by atoms with Gasteiger partial charge in [0.15, 0.2) is 0 Å². The quantitative estimate of drug-likeness (QED) is 0.776. The Kier molecular flexibility index (Phi) is 3.03. The highest BCUT2D eigenvalue weighted by molar-refractivity contribution is 6.16. The van der Waals surface area contributed by atoms with Crippen LogP contribution in [-0.4, -0.2) is 41.0 Å². The van der Waals surface area contributed by atoms with Crippen molar-refractivity contribution in [1.82, 2.24) is 10.2 Å². The van der Waals surface area contributed by atoms with E-state index >= 15 is 0 Å². The molecule has 0 aromatic rings. The fourth-order valence-electron chi connectivity index (χ4n) is 4.51. The predicted molar refractivity (Wildman–Crippen MR) is 72.1 cm³/mol. The Labute approximate surface area is 123 Å². The maximum atomic E-state index is 12.8. The lowest BCUT2D eigenvalue weighted by Gasteiger charge is -2.38. The summed E-state index contributed by atoms with van der Waals surface area (Å²) in [5.41, 5.74) is 0. The van der Waals surface area contributed by atoms with Crippen LogP contribution in [0.4, 0.5) is 4.79 Å². The van der Waals surface area contributed by atoms with Gasteiger partial charge in [0, 0.05) is 0 Å². The summed E-state index contributed by atoms with van der Waals surface area (Å²) >= 11 is 0. The van der Waals surface area contributed by atoms with Crippen LogP contribution in [-0.2, 0) is 14.3 Å². The highest BCUT2D eigenvalue weighted by Crippen LogP contribution is 2.40. The first-order valence-corrected chi connectivity index (χ1v) is 7.98. The van der Waals surface area contributed by atoms with Crippen LogP contribution < -0.4 is 5.32 Å². The summed E-state index contributed by atoms with van der Waals surface area (Å²) in [7, 11) is 0. The zero-order chi connectivity index (χ0) is 14.6. The summed E-state index contributed by atoms with van der Waals surface area (Å²) in [6, 6.07) is -0.742. The third kappa shape index (κ3) is 1.99. The molecule has 4 amide bonds. The molecule has 6 heteroatoms. The number of hydrogen-bond acceptors (Lipinski definition) is 4. The van der Waals surface area contributed by atoms with E-state index in [1.807, 2.05) is 0 Å². The molecule has 0 radical (unpaired) electrons. The second-order valence-corrected chi connectivity index (χ2v) is 6.70. The average molecular weight is 292 g/mol. The van der Waals surface area contributed by atoms with Gasteiger partial charge in [-0.05, 0) is 38.0 Å². The third-order valence-electron chi connectivity index (χ3n) is 5.51. The van der Waals surface area contributed by atoms with Gasteiger partial charge >= 0.3 is 6.03 Å². The van der Waals surface area contributed by atoms with Crippen LogP contribution >= 0.6 is 0 Å². The number of barbiturate groups is 1. The van der Waals surface area contributed by atoms with Crippen molar-refractivity contribution in [2.75, 3.05) is 0 Å². The number of hydrogen-bond donors (Lipinski definition) is 1. The van der Waals surface area contributed by atoms with Crippen molar-refractivity contribution in [1.29, 1.82) is 0 Å². The van der Waals surface area contributed by atoms with Gasteiger partial charge in [0.25, 0.3) is 0 Å². The lowest BCUT2D eigenvalue weighted by atomic mass is 9.85. The number of urea groups is 1. The monoisotopic (exact) mass is 292 g/mol. The summed E-state index contributed by atoms with van der Waals surface area (Å²) in [6.07, 6.45) is 6.68. The van der Waals surface area contributed by atoms with Crippen LogP contribution in [0.5, 0.6) is 0 Å². The molecule has 4 atom stereocenters. The van der Waals surface area contributed by atoms with Gasteiger partial charge in [0.05, 0.1) is 18.2 Å². The fourth-order valence-corrected chi connectivity index (χ4v) is 4.51. The number of carbonyl (C=O) groups is 3. The molecule has 6 nitrogen and oxygen atoms in total. The predicted octanol–water partition coefficient (Wildman–Crippen LogP) is 1.19. The van der Waals surface area contributed by atoms with Crippen molar-refractivity contribution < 1.29 is 19.1 Å². The molecule has 4 aliphatic rings. The van der Waals surface area contributed by atoms with E-state index in [0.717, 1.165) is 44.9 Å². The molecule has 21 heavy (non-hydrogen) atoms. The van der Waals surface area contributed by atoms with Gasteiger partial charge in [0.2, 0.25) is 11.8 Å². The number of imide groups is 2. The van der Waals surface area contributed by atoms with Gasteiger partial charge in [-0.15, -0.1) is 0 Å². The first-order chi connectivity index (χ1) is 10.1. The maximum Gasteiger partial charge on any atom is 0.331 e. The van der Waals surface area contributed by atoms with Crippen LogP contribution in [0.25, 0.3) is 0 Å². The maximum absolute atomic E-state index is 12.8. The van der Waals surface area contributed by atoms with Gasteiger partial charge in [0.1, 0.15) is 5.92 Å². The Morgan fingerprint density at radius 2 is 1.81 bits per heavy atom. The van der Waals surface area contributed by atoms with Crippen LogP contribution in [0.1, 0.15) is 44.9 Å². The van der Waals surface area contributed by atoms with Gasteiger partial charge < -0.3 is 4.74 Å². The second kappa shape index (κ2) is 4.80. The lowest BCUT2D eigenvalue weighted by molar-refractivity contribution is -0.147. The lowest BCUT2D eigenvalue weighted by Crippen LogP contribution is -2.63. The fraction of sp³-hybridized carbons (Fsp3) is 0.800. The van der Waals surface area contributed by atoms with E-state index in [0.29, 0.717) is 0 Å². The second-order valence-electron chi connectivity index (χ2n) is 6.70. The molecule has 4 unspecified atom stereocenters. The van der Waals surface area contributed by atoms with E-state index in [1.54, 1.807) is 0 Å². The van der Waals surface area contributed by atoms with E-state index in [2.05, 4.69) is 5.32 Å². The Morgan fingerprint density at radius 3 is 2.43 bits per heavy atom. The average Bonchev–Trinajstić information content (AvgIpc) is 3.15. The van der Waals surface area contributed by atoms with Crippen LogP contribution in [0.15, 0.2) is 0 Å². The van der Waals surface area contributed by atoms with Crippen LogP contribution in [0, 0.1) is 11.8 Å². The molecule has 4 fully saturated rings. The molecule has 4 rings (SSSR count). The number of amides is 4. The molecule has 3 aliphatic heterocycles. The summed E-state index contributed by atoms with van der Waals surface area (Å²) in [5, 5.41) is 2.39. The minimum Gasteiger partial charge on any atom is -0.373 e. The van der Waals surface area contributed by atoms with Gasteiger partial charge in [-0.25, -0.2) is 4.79 Å². The van der Waals surface area contributed by atoms with Crippen molar-refractivity contribution >= 4 is 17.8 Å². The molecule has 0 spiro atoms. The number of nitrogens with one attached hydrogen (secondary N) is 1. The summed E-state index contributed by atoms with van der Waals surface area (Å²) < 4.78 is 5.76. The van der Waals surface area contributed by atoms with E-state index in [-0.39, 0.29) is 30.1 Å². The van der Waals surface area contributed by atoms with Crippen LogP contribution in [0.3, 0.4) is 0 Å². The first-order valence-electron chi connectivity index (χ1n) is 7.98. The highest BCUT2D eigenvalue weighted by atomic mass is 16.5. The van der Waals surface area contributed by atoms with E-state index in [4.69, 9.17) is 4.74 Å². The van der Waals surface area contributed by atoms with Crippen LogP contribution in [0.2, 0.25) is 0 Å². The van der Waals surface area contributed by atoms with Gasteiger partial charge in [-0.2, -0.15) is 0 Å². The Hall–Kier alpha value is -1.43. The van der Waals surface area contributed by atoms with Gasteiger partial charge in [-0.1, -0.05) is 12.8 Å². The molecule has 3 heterocycles. The van der Waals surface area contributed by atoms with Crippen molar-refractivity contribution in [3.8, 4) is 0 Å². The molecule has 1 aliphatic carbocycles. The van der Waals surface area contributed by atoms with Crippen molar-refractivity contribution in [2.45, 2.75) is 63.2 Å². The summed E-state index contributed by atoms with van der Waals surface area (Å²) in [4.78, 5) is 38.4. The molecule has 114 valence electrons. The number of nitrogens with zero attached hydrogens (tertiary/aromatic N) is 1. The van der Waals surface area contributed by atoms with Gasteiger partial charge in [-0.3, -0.25) is 19.8 Å². The molecule has 2 bridgehead atoms. The molecule has 0 aromatic carbocycles. The molecular formula is C15H20N2O4. The topological polar surface area (TPSA) is 75.7 Å². The molecule has 0 aromatic heterocycles. The molecular weight excluding hydrogens is 272 g/mol. The van der Waals surface area contributed by atoms with Crippen molar-refractivity contribution in [2.24, 2.45) is 11.8 Å². The standard InChI is InChI=1S/C15H20N2O4/c18-13-12(8-3-1-2-4-8)14(19)17(15(20)16-13)10-7-9-5-6-11(10)21-9/h8-12H,1-7H2,(H,16,18,20). The Balaban J connectivity index is 1.59. The van der Waals surface area contributed by atoms with Crippen molar-refractivity contribution in [3.05, 3.63) is 0 Å². The molecule has 1 N–H and O–H groups in total. The third-order valence-corrected chi connectivity index (χ3v) is 5.51. The minimum absolute atomic E-state index is 0.0397. The zero-order valence-electron chi connectivity index (χ0n) is 11.9. The number of rotatable bonds is 2. The summed E-state index contributed by atoms with van der Waals surface area (Å²) in [5.74, 6) is -1.29. The smallest absolute Gasteiger partial charge is 0.331 e. The Bertz CT molecular complexity index is 500. The normalized spacial score (nSPS) is 40.2.